The maximum atomic E-state index is 11.0. The molecule has 0 fully saturated rings. The van der Waals surface area contributed by atoms with Crippen LogP contribution in [0.25, 0.3) is 0 Å². The molecule has 0 aromatic carbocycles. The van der Waals surface area contributed by atoms with Gasteiger partial charge in [0, 0.05) is 28.9 Å². The van der Waals surface area contributed by atoms with Gasteiger partial charge in [-0.25, -0.2) is 0 Å². The van der Waals surface area contributed by atoms with Crippen molar-refractivity contribution in [3.63, 3.8) is 0 Å². The smallest absolute Gasteiger partial charge is 0.315 e. The van der Waals surface area contributed by atoms with E-state index in [9.17, 15) is 4.21 Å². The third kappa shape index (κ3) is 6.15. The molecule has 1 heterocycles. The summed E-state index contributed by atoms with van der Waals surface area (Å²) in [6, 6.07) is 0.645. The highest BCUT2D eigenvalue weighted by molar-refractivity contribution is 7.84. The van der Waals surface area contributed by atoms with Gasteiger partial charge in [-0.05, 0) is 33.2 Å². The van der Waals surface area contributed by atoms with Crippen molar-refractivity contribution in [2.24, 2.45) is 0 Å². The Morgan fingerprint density at radius 3 is 2.74 bits per heavy atom. The predicted octanol–water partition coefficient (Wildman–Crippen LogP) is 1.70. The Hall–Kier alpha value is -0.950. The van der Waals surface area contributed by atoms with Crippen molar-refractivity contribution in [1.29, 1.82) is 0 Å². The number of nitrogens with one attached hydrogen (secondary N) is 2. The van der Waals surface area contributed by atoms with E-state index >= 15 is 0 Å². The van der Waals surface area contributed by atoms with Crippen LogP contribution in [0.5, 0.6) is 0 Å². The second kappa shape index (κ2) is 8.27. The van der Waals surface area contributed by atoms with Crippen LogP contribution in [0.3, 0.4) is 0 Å². The number of hydrogen-bond acceptors (Lipinski definition) is 6. The molecule has 3 atom stereocenters. The van der Waals surface area contributed by atoms with Gasteiger partial charge >= 0.3 is 6.01 Å². The molecular formula is C12H24N4O2S. The molecule has 0 saturated carbocycles. The Morgan fingerprint density at radius 2 is 2.11 bits per heavy atom. The van der Waals surface area contributed by atoms with E-state index in [0.29, 0.717) is 17.7 Å². The molecule has 0 amide bonds. The third-order valence-corrected chi connectivity index (χ3v) is 3.53. The molecule has 0 aliphatic heterocycles. The van der Waals surface area contributed by atoms with E-state index in [0.717, 1.165) is 19.4 Å². The maximum Gasteiger partial charge on any atom is 0.315 e. The normalized spacial score (nSPS) is 16.0. The lowest BCUT2D eigenvalue weighted by atomic mass is 10.3. The van der Waals surface area contributed by atoms with Gasteiger partial charge in [0.05, 0.1) is 6.04 Å². The first-order chi connectivity index (χ1) is 9.02. The molecule has 1 rings (SSSR count). The summed E-state index contributed by atoms with van der Waals surface area (Å²) in [6.45, 7) is 7.04. The summed E-state index contributed by atoms with van der Waals surface area (Å²) in [5.74, 6) is 1.26. The van der Waals surface area contributed by atoms with Crippen LogP contribution in [0.1, 0.15) is 45.5 Å². The predicted molar refractivity (Wildman–Crippen MR) is 77.6 cm³/mol. The number of hydrogen-bond donors (Lipinski definition) is 2. The summed E-state index contributed by atoms with van der Waals surface area (Å²) in [5.41, 5.74) is 0. The first kappa shape index (κ1) is 16.1. The van der Waals surface area contributed by atoms with E-state index < -0.39 is 10.8 Å². The molecule has 19 heavy (non-hydrogen) atoms. The molecular weight excluding hydrogens is 264 g/mol. The molecule has 2 N–H and O–H groups in total. The molecule has 0 aliphatic rings. The van der Waals surface area contributed by atoms with E-state index in [2.05, 4.69) is 27.8 Å². The Morgan fingerprint density at radius 1 is 1.37 bits per heavy atom. The van der Waals surface area contributed by atoms with Gasteiger partial charge in [-0.2, -0.15) is 0 Å². The number of anilines is 1. The zero-order chi connectivity index (χ0) is 14.3. The molecule has 3 unspecified atom stereocenters. The average Bonchev–Trinajstić information content (AvgIpc) is 2.82. The monoisotopic (exact) mass is 288 g/mol. The largest absolute Gasteiger partial charge is 0.406 e. The molecule has 0 spiro atoms. The van der Waals surface area contributed by atoms with Crippen molar-refractivity contribution >= 4 is 16.8 Å². The minimum atomic E-state index is -0.767. The molecule has 0 saturated heterocycles. The van der Waals surface area contributed by atoms with Crippen LogP contribution < -0.4 is 10.6 Å². The van der Waals surface area contributed by atoms with Crippen molar-refractivity contribution < 1.29 is 8.63 Å². The lowest BCUT2D eigenvalue weighted by Gasteiger charge is -2.10. The van der Waals surface area contributed by atoms with Crippen LogP contribution in [0, 0.1) is 0 Å². The number of nitrogens with zero attached hydrogens (tertiary/aromatic N) is 2. The van der Waals surface area contributed by atoms with E-state index in [1.165, 1.54) is 0 Å². The fourth-order valence-electron chi connectivity index (χ4n) is 1.54. The SMILES string of the molecule is CCCNC(C)c1nnc(NC(C)CCS(C)=O)o1. The van der Waals surface area contributed by atoms with Crippen LogP contribution >= 0.6 is 0 Å². The Kier molecular flexibility index (Phi) is 7.01. The quantitative estimate of drug-likeness (QED) is 0.720. The minimum absolute atomic E-state index is 0.0569. The zero-order valence-corrected chi connectivity index (χ0v) is 12.9. The zero-order valence-electron chi connectivity index (χ0n) is 12.1. The highest BCUT2D eigenvalue weighted by Gasteiger charge is 2.14. The molecule has 0 aliphatic carbocycles. The Bertz CT molecular complexity index is 397. The topological polar surface area (TPSA) is 80.0 Å². The minimum Gasteiger partial charge on any atom is -0.406 e. The van der Waals surface area contributed by atoms with Gasteiger partial charge in [-0.1, -0.05) is 12.0 Å². The first-order valence-electron chi connectivity index (χ1n) is 6.66. The first-order valence-corrected chi connectivity index (χ1v) is 8.39. The van der Waals surface area contributed by atoms with Gasteiger partial charge in [0.1, 0.15) is 0 Å². The summed E-state index contributed by atoms with van der Waals surface area (Å²) in [5, 5.41) is 14.4. The number of rotatable bonds is 9. The second-order valence-corrected chi connectivity index (χ2v) is 6.29. The Labute approximate surface area is 117 Å². The van der Waals surface area contributed by atoms with Gasteiger partial charge in [-0.3, -0.25) is 4.21 Å². The summed E-state index contributed by atoms with van der Waals surface area (Å²) >= 11 is 0. The lowest BCUT2D eigenvalue weighted by molar-refractivity contribution is 0.421. The molecule has 6 nitrogen and oxygen atoms in total. The fraction of sp³-hybridized carbons (Fsp3) is 0.833. The lowest BCUT2D eigenvalue weighted by Crippen LogP contribution is -2.19. The van der Waals surface area contributed by atoms with Gasteiger partial charge in [0.25, 0.3) is 0 Å². The second-order valence-electron chi connectivity index (χ2n) is 4.73. The molecule has 110 valence electrons. The average molecular weight is 288 g/mol. The molecule has 1 aromatic heterocycles. The Balaban J connectivity index is 2.43. The number of aromatic nitrogens is 2. The fourth-order valence-corrected chi connectivity index (χ4v) is 2.23. The molecule has 1 aromatic rings. The molecule has 0 bridgehead atoms. The van der Waals surface area contributed by atoms with E-state index in [1.807, 2.05) is 13.8 Å². The third-order valence-electron chi connectivity index (χ3n) is 2.72. The van der Waals surface area contributed by atoms with Crippen LogP contribution in [-0.2, 0) is 10.8 Å². The van der Waals surface area contributed by atoms with E-state index in [4.69, 9.17) is 4.42 Å². The van der Waals surface area contributed by atoms with E-state index in [-0.39, 0.29) is 12.1 Å². The summed E-state index contributed by atoms with van der Waals surface area (Å²) in [4.78, 5) is 0. The highest BCUT2D eigenvalue weighted by Crippen LogP contribution is 2.14. The maximum absolute atomic E-state index is 11.0. The molecule has 0 radical (unpaired) electrons. The standard InChI is InChI=1S/C12H24N4O2S/c1-5-7-13-10(3)11-15-16-12(18-11)14-9(2)6-8-19(4)17/h9-10,13H,5-8H2,1-4H3,(H,14,16). The van der Waals surface area contributed by atoms with Crippen LogP contribution in [0.2, 0.25) is 0 Å². The summed E-state index contributed by atoms with van der Waals surface area (Å²) in [6.07, 6.45) is 3.58. The van der Waals surface area contributed by atoms with Crippen LogP contribution in [0.15, 0.2) is 4.42 Å². The van der Waals surface area contributed by atoms with Crippen molar-refractivity contribution in [2.45, 2.75) is 45.7 Å². The van der Waals surface area contributed by atoms with E-state index in [1.54, 1.807) is 6.26 Å². The summed E-state index contributed by atoms with van der Waals surface area (Å²) in [7, 11) is -0.767. The highest BCUT2D eigenvalue weighted by atomic mass is 32.2. The van der Waals surface area contributed by atoms with Crippen molar-refractivity contribution in [3.05, 3.63) is 5.89 Å². The van der Waals surface area contributed by atoms with Gasteiger partial charge < -0.3 is 15.1 Å². The molecule has 7 heteroatoms. The van der Waals surface area contributed by atoms with Gasteiger partial charge in [0.15, 0.2) is 0 Å². The van der Waals surface area contributed by atoms with Gasteiger partial charge in [0.2, 0.25) is 5.89 Å². The van der Waals surface area contributed by atoms with Crippen molar-refractivity contribution in [2.75, 3.05) is 23.9 Å². The van der Waals surface area contributed by atoms with Crippen molar-refractivity contribution in [3.8, 4) is 0 Å². The van der Waals surface area contributed by atoms with Crippen LogP contribution in [0.4, 0.5) is 6.01 Å². The van der Waals surface area contributed by atoms with Gasteiger partial charge in [-0.15, -0.1) is 5.10 Å². The summed E-state index contributed by atoms with van der Waals surface area (Å²) < 4.78 is 16.6. The van der Waals surface area contributed by atoms with Crippen molar-refractivity contribution in [1.82, 2.24) is 15.5 Å². The van der Waals surface area contributed by atoms with Crippen LogP contribution in [-0.4, -0.2) is 39.0 Å².